The zero-order valence-electron chi connectivity index (χ0n) is 13.9. The van der Waals surface area contributed by atoms with Gasteiger partial charge in [0.05, 0.1) is 37.1 Å². The summed E-state index contributed by atoms with van der Waals surface area (Å²) in [6, 6.07) is 0.157. The molecule has 1 amide bonds. The fourth-order valence-corrected chi connectivity index (χ4v) is 3.44. The van der Waals surface area contributed by atoms with Crippen molar-refractivity contribution < 1.29 is 14.6 Å². The molecule has 0 radical (unpaired) electrons. The lowest BCUT2D eigenvalue weighted by atomic mass is 9.95. The van der Waals surface area contributed by atoms with Crippen molar-refractivity contribution in [3.8, 4) is 0 Å². The van der Waals surface area contributed by atoms with Crippen molar-refractivity contribution in [3.63, 3.8) is 0 Å². The first-order valence-electron chi connectivity index (χ1n) is 8.28. The van der Waals surface area contributed by atoms with Crippen molar-refractivity contribution in [2.45, 2.75) is 31.5 Å². The van der Waals surface area contributed by atoms with E-state index in [9.17, 15) is 9.90 Å². The van der Waals surface area contributed by atoms with Gasteiger partial charge in [-0.1, -0.05) is 0 Å². The van der Waals surface area contributed by atoms with E-state index in [0.29, 0.717) is 24.7 Å². The van der Waals surface area contributed by atoms with E-state index in [1.54, 1.807) is 25.2 Å². The molecule has 128 valence electrons. The maximum absolute atomic E-state index is 11.9. The molecule has 2 atom stereocenters. The molecule has 7 nitrogen and oxygen atoms in total. The van der Waals surface area contributed by atoms with Crippen LogP contribution in [0.15, 0.2) is 12.4 Å². The van der Waals surface area contributed by atoms with Crippen LogP contribution >= 0.6 is 0 Å². The molecule has 2 aliphatic rings. The molecule has 2 saturated heterocycles. The highest BCUT2D eigenvalue weighted by Gasteiger charge is 2.33. The minimum Gasteiger partial charge on any atom is -0.389 e. The number of likely N-dealkylation sites (tertiary alicyclic amines) is 1. The van der Waals surface area contributed by atoms with Crippen LogP contribution in [0.4, 0.5) is 0 Å². The minimum atomic E-state index is -0.350. The first kappa shape index (κ1) is 16.4. The third-order valence-corrected chi connectivity index (χ3v) is 4.87. The number of carbonyl (C=O) groups excluding carboxylic acids is 1. The third kappa shape index (κ3) is 3.73. The summed E-state index contributed by atoms with van der Waals surface area (Å²) in [5, 5.41) is 14.2. The van der Waals surface area contributed by atoms with Gasteiger partial charge in [0.25, 0.3) is 5.91 Å². The smallest absolute Gasteiger partial charge is 0.256 e. The Balaban J connectivity index is 1.50. The Hall–Kier alpha value is -1.44. The average Bonchev–Trinajstić information content (AvgIpc) is 3.16. The van der Waals surface area contributed by atoms with Gasteiger partial charge in [-0.25, -0.2) is 0 Å². The fourth-order valence-electron chi connectivity index (χ4n) is 3.44. The second kappa shape index (κ2) is 6.98. The summed E-state index contributed by atoms with van der Waals surface area (Å²) in [4.78, 5) is 15.8. The Morgan fingerprint density at radius 1 is 1.39 bits per heavy atom. The summed E-state index contributed by atoms with van der Waals surface area (Å²) >= 11 is 0. The number of aromatic nitrogens is 2. The monoisotopic (exact) mass is 322 g/mol. The van der Waals surface area contributed by atoms with Crippen LogP contribution in [-0.2, 0) is 11.3 Å². The zero-order valence-corrected chi connectivity index (χ0v) is 13.9. The highest BCUT2D eigenvalue weighted by Crippen LogP contribution is 2.23. The molecule has 1 N–H and O–H groups in total. The molecule has 0 bridgehead atoms. The Kier molecular flexibility index (Phi) is 4.99. The first-order valence-corrected chi connectivity index (χ1v) is 8.28. The van der Waals surface area contributed by atoms with Crippen LogP contribution in [-0.4, -0.2) is 83.1 Å². The topological polar surface area (TPSA) is 70.8 Å². The highest BCUT2D eigenvalue weighted by atomic mass is 16.5. The van der Waals surface area contributed by atoms with E-state index in [4.69, 9.17) is 4.74 Å². The summed E-state index contributed by atoms with van der Waals surface area (Å²) in [6.07, 6.45) is 5.30. The standard InChI is InChI=1S/C16H26N4O3/c1-18(2)16(22)13-7-17-20(9-13)8-12-3-5-19(6-4-12)14-10-23-11-15(14)21/h7,9,12,14-15,21H,3-6,8,10-11H2,1-2H3/t14-,15-/m0/s1. The van der Waals surface area contributed by atoms with E-state index in [0.717, 1.165) is 32.5 Å². The number of nitrogens with zero attached hydrogens (tertiary/aromatic N) is 4. The molecule has 3 rings (SSSR count). The molecular formula is C16H26N4O3. The minimum absolute atomic E-state index is 0.0127. The fraction of sp³-hybridized carbons (Fsp3) is 0.750. The van der Waals surface area contributed by atoms with Crippen LogP contribution in [0.25, 0.3) is 0 Å². The van der Waals surface area contributed by atoms with Gasteiger partial charge >= 0.3 is 0 Å². The van der Waals surface area contributed by atoms with Crippen LogP contribution in [0.5, 0.6) is 0 Å². The van der Waals surface area contributed by atoms with Gasteiger partial charge in [-0.05, 0) is 31.8 Å². The summed E-state index contributed by atoms with van der Waals surface area (Å²) in [7, 11) is 3.49. The second-order valence-corrected chi connectivity index (χ2v) is 6.80. The Labute approximate surface area is 136 Å². The molecule has 23 heavy (non-hydrogen) atoms. The van der Waals surface area contributed by atoms with Crippen molar-refractivity contribution in [2.75, 3.05) is 40.4 Å². The molecule has 2 aliphatic heterocycles. The first-order chi connectivity index (χ1) is 11.0. The van der Waals surface area contributed by atoms with Gasteiger partial charge in [0.15, 0.2) is 0 Å². The van der Waals surface area contributed by atoms with E-state index in [1.807, 2.05) is 10.9 Å². The van der Waals surface area contributed by atoms with Crippen LogP contribution in [0, 0.1) is 5.92 Å². The number of rotatable bonds is 4. The van der Waals surface area contributed by atoms with Crippen LogP contribution in [0.3, 0.4) is 0 Å². The van der Waals surface area contributed by atoms with Gasteiger partial charge in [-0.3, -0.25) is 14.4 Å². The van der Waals surface area contributed by atoms with Crippen molar-refractivity contribution in [2.24, 2.45) is 5.92 Å². The van der Waals surface area contributed by atoms with E-state index < -0.39 is 0 Å². The van der Waals surface area contributed by atoms with Gasteiger partial charge in [-0.15, -0.1) is 0 Å². The molecule has 2 fully saturated rings. The van der Waals surface area contributed by atoms with Gasteiger partial charge in [0, 0.05) is 26.8 Å². The quantitative estimate of drug-likeness (QED) is 0.849. The van der Waals surface area contributed by atoms with Gasteiger partial charge in [0.2, 0.25) is 0 Å². The normalized spacial score (nSPS) is 26.6. The highest BCUT2D eigenvalue weighted by molar-refractivity contribution is 5.93. The largest absolute Gasteiger partial charge is 0.389 e. The summed E-state index contributed by atoms with van der Waals surface area (Å²) in [6.45, 7) is 3.92. The molecule has 3 heterocycles. The lowest BCUT2D eigenvalue weighted by Gasteiger charge is -2.36. The maximum Gasteiger partial charge on any atom is 0.256 e. The zero-order chi connectivity index (χ0) is 16.4. The third-order valence-electron chi connectivity index (χ3n) is 4.87. The Bertz CT molecular complexity index is 537. The summed E-state index contributed by atoms with van der Waals surface area (Å²) in [5.41, 5.74) is 0.638. The molecule has 1 aromatic heterocycles. The number of ether oxygens (including phenoxy) is 1. The summed E-state index contributed by atoms with van der Waals surface area (Å²) in [5.74, 6) is 0.550. The SMILES string of the molecule is CN(C)C(=O)c1cnn(CC2CCN([C@H]3COC[C@@H]3O)CC2)c1. The van der Waals surface area contributed by atoms with Gasteiger partial charge < -0.3 is 14.7 Å². The molecule has 0 saturated carbocycles. The predicted molar refractivity (Wildman–Crippen MR) is 85.2 cm³/mol. The van der Waals surface area contributed by atoms with E-state index in [2.05, 4.69) is 10.00 Å². The van der Waals surface area contributed by atoms with Crippen molar-refractivity contribution in [1.29, 1.82) is 0 Å². The van der Waals surface area contributed by atoms with Crippen molar-refractivity contribution in [3.05, 3.63) is 18.0 Å². The van der Waals surface area contributed by atoms with Gasteiger partial charge in [-0.2, -0.15) is 5.10 Å². The van der Waals surface area contributed by atoms with Crippen LogP contribution < -0.4 is 0 Å². The molecule has 7 heteroatoms. The number of amides is 1. The number of aliphatic hydroxyl groups is 1. The lowest BCUT2D eigenvalue weighted by Crippen LogP contribution is -2.47. The van der Waals surface area contributed by atoms with Crippen molar-refractivity contribution >= 4 is 5.91 Å². The molecule has 0 aromatic carbocycles. The number of hydrogen-bond donors (Lipinski definition) is 1. The Morgan fingerprint density at radius 3 is 2.74 bits per heavy atom. The number of carbonyl (C=O) groups is 1. The van der Waals surface area contributed by atoms with Crippen molar-refractivity contribution in [1.82, 2.24) is 19.6 Å². The van der Waals surface area contributed by atoms with E-state index in [-0.39, 0.29) is 18.1 Å². The lowest BCUT2D eigenvalue weighted by molar-refractivity contribution is 0.0559. The average molecular weight is 322 g/mol. The van der Waals surface area contributed by atoms with E-state index >= 15 is 0 Å². The molecule has 1 aromatic rings. The second-order valence-electron chi connectivity index (χ2n) is 6.80. The molecule has 0 aliphatic carbocycles. The number of aliphatic hydroxyl groups excluding tert-OH is 1. The number of piperidine rings is 1. The van der Waals surface area contributed by atoms with Crippen LogP contribution in [0.1, 0.15) is 23.2 Å². The van der Waals surface area contributed by atoms with Crippen LogP contribution in [0.2, 0.25) is 0 Å². The molecule has 0 unspecified atom stereocenters. The molecular weight excluding hydrogens is 296 g/mol. The summed E-state index contributed by atoms with van der Waals surface area (Å²) < 4.78 is 7.23. The Morgan fingerprint density at radius 2 is 2.13 bits per heavy atom. The molecule has 0 spiro atoms. The van der Waals surface area contributed by atoms with E-state index in [1.165, 1.54) is 0 Å². The maximum atomic E-state index is 11.9. The number of hydrogen-bond acceptors (Lipinski definition) is 5. The van der Waals surface area contributed by atoms with Gasteiger partial charge in [0.1, 0.15) is 0 Å². The predicted octanol–water partition coefficient (Wildman–Crippen LogP) is 0.0566.